The van der Waals surface area contributed by atoms with Crippen LogP contribution in [0, 0.1) is 0 Å². The lowest BCUT2D eigenvalue weighted by Gasteiger charge is -2.30. The van der Waals surface area contributed by atoms with Crippen LogP contribution in [0.3, 0.4) is 0 Å². The molecule has 0 saturated carbocycles. The molecule has 1 aliphatic heterocycles. The molecule has 0 spiro atoms. The number of carbonyl (C=O) groups excluding carboxylic acids is 1. The Kier molecular flexibility index (Phi) is 6.73. The molecule has 0 atom stereocenters. The summed E-state index contributed by atoms with van der Waals surface area (Å²) in [6.07, 6.45) is 8.12. The second-order valence-electron chi connectivity index (χ2n) is 9.08. The van der Waals surface area contributed by atoms with Crippen molar-refractivity contribution in [1.29, 1.82) is 0 Å². The van der Waals surface area contributed by atoms with Gasteiger partial charge >= 0.3 is 0 Å². The minimum atomic E-state index is 0.210. The van der Waals surface area contributed by atoms with E-state index in [2.05, 4.69) is 65.6 Å². The summed E-state index contributed by atoms with van der Waals surface area (Å²) >= 11 is 0. The topological polar surface area (TPSA) is 29.5 Å². The SMILES string of the molecule is COc1ccc(C(=O)CCCN2CCC(=C3c4ccccc4C=Cc4ccccc43)CC2)cc1. The summed E-state index contributed by atoms with van der Waals surface area (Å²) in [4.78, 5) is 15.1. The third-order valence-corrected chi connectivity index (χ3v) is 7.01. The summed E-state index contributed by atoms with van der Waals surface area (Å²) in [6.45, 7) is 3.07. The first-order chi connectivity index (χ1) is 16.7. The Bertz CT molecular complexity index is 1170. The number of methoxy groups -OCH3 is 1. The average Bonchev–Trinajstić information content (AvgIpc) is 3.06. The van der Waals surface area contributed by atoms with Crippen molar-refractivity contribution < 1.29 is 9.53 Å². The molecular weight excluding hydrogens is 418 g/mol. The van der Waals surface area contributed by atoms with Crippen molar-refractivity contribution >= 4 is 23.5 Å². The number of Topliss-reactive ketones (excluding diaryl/α,β-unsaturated/α-hetero) is 1. The molecule has 34 heavy (non-hydrogen) atoms. The normalized spacial score (nSPS) is 15.4. The molecule has 2 aliphatic rings. The summed E-state index contributed by atoms with van der Waals surface area (Å²) in [7, 11) is 1.64. The molecule has 0 N–H and O–H groups in total. The molecule has 1 fully saturated rings. The van der Waals surface area contributed by atoms with Crippen LogP contribution in [0.5, 0.6) is 5.75 Å². The van der Waals surface area contributed by atoms with Gasteiger partial charge in [0.25, 0.3) is 0 Å². The van der Waals surface area contributed by atoms with E-state index in [0.717, 1.165) is 50.2 Å². The Labute approximate surface area is 202 Å². The van der Waals surface area contributed by atoms with Crippen LogP contribution >= 0.6 is 0 Å². The van der Waals surface area contributed by atoms with Gasteiger partial charge in [0.15, 0.2) is 5.78 Å². The number of rotatable bonds is 6. The van der Waals surface area contributed by atoms with Crippen LogP contribution in [0.25, 0.3) is 17.7 Å². The average molecular weight is 450 g/mol. The predicted molar refractivity (Wildman–Crippen MR) is 140 cm³/mol. The molecule has 0 bridgehead atoms. The lowest BCUT2D eigenvalue weighted by molar-refractivity contribution is 0.0974. The van der Waals surface area contributed by atoms with E-state index >= 15 is 0 Å². The number of hydrogen-bond acceptors (Lipinski definition) is 3. The number of fused-ring (bicyclic) bond motifs is 2. The van der Waals surface area contributed by atoms with Gasteiger partial charge in [0.05, 0.1) is 7.11 Å². The Hall–Kier alpha value is -3.43. The van der Waals surface area contributed by atoms with E-state index in [1.54, 1.807) is 12.7 Å². The Morgan fingerprint density at radius 1 is 0.824 bits per heavy atom. The first-order valence-electron chi connectivity index (χ1n) is 12.2. The number of hydrogen-bond donors (Lipinski definition) is 0. The van der Waals surface area contributed by atoms with Gasteiger partial charge in [-0.05, 0) is 77.9 Å². The fraction of sp³-hybridized carbons (Fsp3) is 0.258. The third kappa shape index (κ3) is 4.76. The number of piperidine rings is 1. The smallest absolute Gasteiger partial charge is 0.162 e. The molecule has 0 aromatic heterocycles. The summed E-state index contributed by atoms with van der Waals surface area (Å²) in [5.74, 6) is 0.992. The van der Waals surface area contributed by atoms with Crippen LogP contribution in [0.2, 0.25) is 0 Å². The summed E-state index contributed by atoms with van der Waals surface area (Å²) in [5, 5.41) is 0. The predicted octanol–water partition coefficient (Wildman–Crippen LogP) is 6.74. The maximum absolute atomic E-state index is 12.5. The highest BCUT2D eigenvalue weighted by Crippen LogP contribution is 2.38. The molecule has 3 aromatic carbocycles. The zero-order chi connectivity index (χ0) is 23.3. The van der Waals surface area contributed by atoms with Gasteiger partial charge < -0.3 is 9.64 Å². The van der Waals surface area contributed by atoms with Gasteiger partial charge in [-0.3, -0.25) is 4.79 Å². The van der Waals surface area contributed by atoms with Crippen molar-refractivity contribution in [2.45, 2.75) is 25.7 Å². The van der Waals surface area contributed by atoms with E-state index in [9.17, 15) is 4.79 Å². The van der Waals surface area contributed by atoms with Crippen LogP contribution in [0.4, 0.5) is 0 Å². The molecule has 172 valence electrons. The van der Waals surface area contributed by atoms with Gasteiger partial charge in [-0.25, -0.2) is 0 Å². The van der Waals surface area contributed by atoms with Crippen LogP contribution in [-0.2, 0) is 0 Å². The lowest BCUT2D eigenvalue weighted by Crippen LogP contribution is -2.32. The Balaban J connectivity index is 1.25. The van der Waals surface area contributed by atoms with Crippen LogP contribution in [0.15, 0.2) is 78.4 Å². The molecular formula is C31H31NO2. The van der Waals surface area contributed by atoms with Crippen LogP contribution < -0.4 is 4.74 Å². The largest absolute Gasteiger partial charge is 0.497 e. The van der Waals surface area contributed by atoms with E-state index in [1.807, 2.05) is 24.3 Å². The van der Waals surface area contributed by atoms with Gasteiger partial charge in [0.2, 0.25) is 0 Å². The van der Waals surface area contributed by atoms with Crippen LogP contribution in [-0.4, -0.2) is 37.4 Å². The minimum Gasteiger partial charge on any atom is -0.497 e. The maximum Gasteiger partial charge on any atom is 0.162 e. The number of benzene rings is 3. The maximum atomic E-state index is 12.5. The zero-order valence-electron chi connectivity index (χ0n) is 19.8. The van der Waals surface area contributed by atoms with Gasteiger partial charge in [-0.15, -0.1) is 0 Å². The second kappa shape index (κ2) is 10.2. The highest BCUT2D eigenvalue weighted by Gasteiger charge is 2.22. The van der Waals surface area contributed by atoms with E-state index < -0.39 is 0 Å². The van der Waals surface area contributed by atoms with Crippen molar-refractivity contribution in [3.63, 3.8) is 0 Å². The summed E-state index contributed by atoms with van der Waals surface area (Å²) in [6, 6.07) is 24.9. The molecule has 3 heteroatoms. The Morgan fingerprint density at radius 3 is 2.00 bits per heavy atom. The van der Waals surface area contributed by atoms with Crippen molar-refractivity contribution in [3.05, 3.63) is 106 Å². The number of carbonyl (C=O) groups is 1. The molecule has 0 amide bonds. The van der Waals surface area contributed by atoms with E-state index in [-0.39, 0.29) is 5.78 Å². The Morgan fingerprint density at radius 2 is 1.41 bits per heavy atom. The fourth-order valence-electron chi connectivity index (χ4n) is 5.13. The number of ether oxygens (including phenoxy) is 1. The standard InChI is InChI=1S/C31H31NO2/c1-34-27-16-14-25(15-17-27)30(33)11-6-20-32-21-18-26(19-22-32)31-28-9-4-2-7-23(28)12-13-24-8-3-5-10-29(24)31/h2-5,7-10,12-17H,6,11,18-22H2,1H3. The lowest BCUT2D eigenvalue weighted by atomic mass is 9.86. The van der Waals surface area contributed by atoms with Gasteiger partial charge in [0, 0.05) is 25.1 Å². The molecule has 1 aliphatic carbocycles. The molecule has 3 nitrogen and oxygen atoms in total. The number of nitrogens with zero attached hydrogens (tertiary/aromatic N) is 1. The minimum absolute atomic E-state index is 0.210. The van der Waals surface area contributed by atoms with Gasteiger partial charge in [-0.2, -0.15) is 0 Å². The molecule has 1 saturated heterocycles. The molecule has 0 unspecified atom stereocenters. The van der Waals surface area contributed by atoms with E-state index in [0.29, 0.717) is 6.42 Å². The second-order valence-corrected chi connectivity index (χ2v) is 9.08. The van der Waals surface area contributed by atoms with Crippen molar-refractivity contribution in [1.82, 2.24) is 4.90 Å². The van der Waals surface area contributed by atoms with E-state index in [1.165, 1.54) is 27.8 Å². The van der Waals surface area contributed by atoms with Crippen molar-refractivity contribution in [2.24, 2.45) is 0 Å². The molecule has 0 radical (unpaired) electrons. The summed E-state index contributed by atoms with van der Waals surface area (Å²) in [5.41, 5.74) is 9.02. The highest BCUT2D eigenvalue weighted by molar-refractivity contribution is 5.96. The monoisotopic (exact) mass is 449 g/mol. The molecule has 1 heterocycles. The zero-order valence-corrected chi connectivity index (χ0v) is 19.8. The van der Waals surface area contributed by atoms with Crippen LogP contribution in [0.1, 0.15) is 58.3 Å². The van der Waals surface area contributed by atoms with Gasteiger partial charge in [-0.1, -0.05) is 66.3 Å². The molecule has 5 rings (SSSR count). The fourth-order valence-corrected chi connectivity index (χ4v) is 5.13. The first-order valence-corrected chi connectivity index (χ1v) is 12.2. The third-order valence-electron chi connectivity index (χ3n) is 7.01. The van der Waals surface area contributed by atoms with Gasteiger partial charge in [0.1, 0.15) is 5.75 Å². The number of likely N-dealkylation sites (tertiary alicyclic amines) is 1. The highest BCUT2D eigenvalue weighted by atomic mass is 16.5. The number of ketones is 1. The summed E-state index contributed by atoms with van der Waals surface area (Å²) < 4.78 is 5.18. The first kappa shape index (κ1) is 22.4. The quantitative estimate of drug-likeness (QED) is 0.305. The molecule has 3 aromatic rings. The van der Waals surface area contributed by atoms with E-state index in [4.69, 9.17) is 4.74 Å². The van der Waals surface area contributed by atoms with Crippen molar-refractivity contribution in [2.75, 3.05) is 26.7 Å². The van der Waals surface area contributed by atoms with Crippen molar-refractivity contribution in [3.8, 4) is 5.75 Å².